The lowest BCUT2D eigenvalue weighted by Crippen LogP contribution is -2.09. The topological polar surface area (TPSA) is 83.8 Å². The van der Waals surface area contributed by atoms with Gasteiger partial charge in [-0.05, 0) is 6.07 Å². The molecule has 3 rings (SSSR count). The van der Waals surface area contributed by atoms with Gasteiger partial charge in [0.05, 0.1) is 18.2 Å². The first-order chi connectivity index (χ1) is 12.5. The first kappa shape index (κ1) is 17.2. The summed E-state index contributed by atoms with van der Waals surface area (Å²) in [5, 5.41) is 20.5. The highest BCUT2D eigenvalue weighted by Crippen LogP contribution is 2.42. The molecule has 0 saturated heterocycles. The summed E-state index contributed by atoms with van der Waals surface area (Å²) in [5.74, 6) is -2.39. The zero-order valence-electron chi connectivity index (χ0n) is 14.0. The number of phenols is 2. The zero-order chi connectivity index (χ0) is 18.7. The monoisotopic (exact) mass is 348 g/mol. The van der Waals surface area contributed by atoms with E-state index in [-0.39, 0.29) is 16.9 Å². The maximum Gasteiger partial charge on any atom is 0.202 e. The average Bonchev–Trinajstić information content (AvgIpc) is 2.70. The van der Waals surface area contributed by atoms with E-state index in [0.29, 0.717) is 11.1 Å². The number of methoxy groups -OCH3 is 1. The molecular formula is C21H16O5. The van der Waals surface area contributed by atoms with Crippen molar-refractivity contribution < 1.29 is 24.5 Å². The molecule has 0 radical (unpaired) electrons. The predicted octanol–water partition coefficient (Wildman–Crippen LogP) is 3.57. The van der Waals surface area contributed by atoms with Crippen LogP contribution in [0.15, 0.2) is 66.7 Å². The molecule has 0 heterocycles. The number of carbonyl (C=O) groups excluding carboxylic acids is 2. The highest BCUT2D eigenvalue weighted by molar-refractivity contribution is 6.16. The summed E-state index contributed by atoms with van der Waals surface area (Å²) < 4.78 is 5.10. The van der Waals surface area contributed by atoms with Crippen LogP contribution in [-0.2, 0) is 0 Å². The van der Waals surface area contributed by atoms with E-state index in [0.717, 1.165) is 0 Å². The Balaban J connectivity index is 2.17. The fourth-order valence-electron chi connectivity index (χ4n) is 2.68. The van der Waals surface area contributed by atoms with Crippen LogP contribution in [0.3, 0.4) is 0 Å². The number of phenolic OH excluding ortho intramolecular Hbond substituents is 2. The Morgan fingerprint density at radius 2 is 1.19 bits per heavy atom. The highest BCUT2D eigenvalue weighted by atomic mass is 16.5. The van der Waals surface area contributed by atoms with Crippen molar-refractivity contribution >= 4 is 11.6 Å². The number of ketones is 2. The zero-order valence-corrected chi connectivity index (χ0v) is 14.0. The lowest BCUT2D eigenvalue weighted by molar-refractivity contribution is 0.103. The van der Waals surface area contributed by atoms with Crippen molar-refractivity contribution in [3.63, 3.8) is 0 Å². The molecule has 130 valence electrons. The summed E-state index contributed by atoms with van der Waals surface area (Å²) in [6.07, 6.45) is 0. The van der Waals surface area contributed by atoms with Gasteiger partial charge >= 0.3 is 0 Å². The fraction of sp³-hybridized carbons (Fsp3) is 0.0476. The second kappa shape index (κ2) is 7.11. The number of carbonyl (C=O) groups is 2. The van der Waals surface area contributed by atoms with Crippen molar-refractivity contribution in [2.45, 2.75) is 0 Å². The maximum absolute atomic E-state index is 12.8. The van der Waals surface area contributed by atoms with Gasteiger partial charge in [-0.15, -0.1) is 0 Å². The minimum absolute atomic E-state index is 0.00622. The quantitative estimate of drug-likeness (QED) is 0.544. The van der Waals surface area contributed by atoms with Gasteiger partial charge in [0.2, 0.25) is 5.75 Å². The minimum Gasteiger partial charge on any atom is -0.504 e. The Morgan fingerprint density at radius 3 is 1.65 bits per heavy atom. The number of hydrogen-bond donors (Lipinski definition) is 2. The van der Waals surface area contributed by atoms with Crippen LogP contribution in [0.1, 0.15) is 31.8 Å². The molecule has 0 saturated carbocycles. The van der Waals surface area contributed by atoms with Crippen LogP contribution in [0.4, 0.5) is 0 Å². The summed E-state index contributed by atoms with van der Waals surface area (Å²) in [6.45, 7) is 0. The van der Waals surface area contributed by atoms with Gasteiger partial charge in [-0.1, -0.05) is 60.7 Å². The standard InChI is InChI=1S/C21H16O5/c1-26-21-16(18(23)14-10-6-3-7-11-14)12-15(19(24)20(21)25)17(22)13-8-4-2-5-9-13/h2-12,24-25H,1H3. The maximum atomic E-state index is 12.8. The van der Waals surface area contributed by atoms with E-state index in [1.807, 2.05) is 0 Å². The first-order valence-corrected chi connectivity index (χ1v) is 7.87. The number of rotatable bonds is 5. The van der Waals surface area contributed by atoms with E-state index >= 15 is 0 Å². The van der Waals surface area contributed by atoms with Crippen molar-refractivity contribution in [3.05, 3.63) is 89.0 Å². The van der Waals surface area contributed by atoms with Crippen molar-refractivity contribution in [2.75, 3.05) is 7.11 Å². The minimum atomic E-state index is -0.645. The third kappa shape index (κ3) is 3.02. The van der Waals surface area contributed by atoms with Gasteiger partial charge in [0.15, 0.2) is 23.1 Å². The van der Waals surface area contributed by atoms with Gasteiger partial charge in [-0.2, -0.15) is 0 Å². The molecule has 3 aromatic carbocycles. The number of hydrogen-bond acceptors (Lipinski definition) is 5. The molecule has 0 aliphatic rings. The lowest BCUT2D eigenvalue weighted by atomic mass is 9.95. The largest absolute Gasteiger partial charge is 0.504 e. The number of benzene rings is 3. The van der Waals surface area contributed by atoms with E-state index in [1.54, 1.807) is 60.7 Å². The summed E-state index contributed by atoms with van der Waals surface area (Å²) >= 11 is 0. The van der Waals surface area contributed by atoms with Gasteiger partial charge in [-0.3, -0.25) is 9.59 Å². The Bertz CT molecular complexity index is 963. The van der Waals surface area contributed by atoms with Crippen molar-refractivity contribution in [1.29, 1.82) is 0 Å². The Kier molecular flexibility index (Phi) is 4.71. The molecule has 0 amide bonds. The molecule has 3 aromatic rings. The van der Waals surface area contributed by atoms with Gasteiger partial charge in [0, 0.05) is 11.1 Å². The lowest BCUT2D eigenvalue weighted by Gasteiger charge is -2.14. The Labute approximate surface area is 150 Å². The average molecular weight is 348 g/mol. The first-order valence-electron chi connectivity index (χ1n) is 7.87. The SMILES string of the molecule is COc1c(C(=O)c2ccccc2)cc(C(=O)c2ccccc2)c(O)c1O. The van der Waals surface area contributed by atoms with Crippen LogP contribution in [0.2, 0.25) is 0 Å². The van der Waals surface area contributed by atoms with Gasteiger partial charge in [0.1, 0.15) is 0 Å². The summed E-state index contributed by atoms with van der Waals surface area (Å²) in [5.41, 5.74) is 0.515. The van der Waals surface area contributed by atoms with Gasteiger partial charge in [0.25, 0.3) is 0 Å². The predicted molar refractivity (Wildman–Crippen MR) is 96.1 cm³/mol. The molecule has 0 bridgehead atoms. The Morgan fingerprint density at radius 1 is 0.731 bits per heavy atom. The highest BCUT2D eigenvalue weighted by Gasteiger charge is 2.26. The van der Waals surface area contributed by atoms with Crippen molar-refractivity contribution in [1.82, 2.24) is 0 Å². The van der Waals surface area contributed by atoms with Crippen molar-refractivity contribution in [2.24, 2.45) is 0 Å². The smallest absolute Gasteiger partial charge is 0.202 e. The molecule has 0 fully saturated rings. The fourth-order valence-corrected chi connectivity index (χ4v) is 2.68. The van der Waals surface area contributed by atoms with Crippen LogP contribution in [0, 0.1) is 0 Å². The number of ether oxygens (including phenoxy) is 1. The molecule has 0 aliphatic heterocycles. The molecule has 2 N–H and O–H groups in total. The van der Waals surface area contributed by atoms with Crippen molar-refractivity contribution in [3.8, 4) is 17.2 Å². The van der Waals surface area contributed by atoms with E-state index in [1.165, 1.54) is 13.2 Å². The Hall–Kier alpha value is -3.60. The van der Waals surface area contributed by atoms with Gasteiger partial charge < -0.3 is 14.9 Å². The van der Waals surface area contributed by atoms with Crippen LogP contribution in [-0.4, -0.2) is 28.9 Å². The van der Waals surface area contributed by atoms with E-state index in [4.69, 9.17) is 4.74 Å². The molecule has 26 heavy (non-hydrogen) atoms. The second-order valence-corrected chi connectivity index (χ2v) is 5.59. The van der Waals surface area contributed by atoms with Crippen LogP contribution >= 0.6 is 0 Å². The number of aromatic hydroxyl groups is 2. The molecular weight excluding hydrogens is 332 g/mol. The molecule has 0 atom stereocenters. The normalized spacial score (nSPS) is 10.3. The van der Waals surface area contributed by atoms with E-state index in [9.17, 15) is 19.8 Å². The van der Waals surface area contributed by atoms with E-state index in [2.05, 4.69) is 0 Å². The molecule has 0 aromatic heterocycles. The van der Waals surface area contributed by atoms with Gasteiger partial charge in [-0.25, -0.2) is 0 Å². The van der Waals surface area contributed by atoms with E-state index < -0.39 is 23.1 Å². The summed E-state index contributed by atoms with van der Waals surface area (Å²) in [7, 11) is 1.27. The molecule has 5 nitrogen and oxygen atoms in total. The van der Waals surface area contributed by atoms with Crippen LogP contribution < -0.4 is 4.74 Å². The molecule has 0 unspecified atom stereocenters. The summed E-state index contributed by atoms with van der Waals surface area (Å²) in [6, 6.07) is 18.0. The molecule has 0 spiro atoms. The third-order valence-corrected chi connectivity index (χ3v) is 3.99. The van der Waals surface area contributed by atoms with Crippen LogP contribution in [0.25, 0.3) is 0 Å². The van der Waals surface area contributed by atoms with Crippen LogP contribution in [0.5, 0.6) is 17.2 Å². The second-order valence-electron chi connectivity index (χ2n) is 5.59. The third-order valence-electron chi connectivity index (χ3n) is 3.99. The molecule has 5 heteroatoms. The molecule has 0 aliphatic carbocycles. The summed E-state index contributed by atoms with van der Waals surface area (Å²) in [4.78, 5) is 25.5.